The second-order valence-corrected chi connectivity index (χ2v) is 2.94. The number of halogens is 3. The zero-order chi connectivity index (χ0) is 11.8. The lowest BCUT2D eigenvalue weighted by Crippen LogP contribution is -2.08. The minimum atomic E-state index is -4.64. The van der Waals surface area contributed by atoms with Gasteiger partial charge in [0.1, 0.15) is 5.69 Å². The molecule has 84 valence electrons. The fourth-order valence-corrected chi connectivity index (χ4v) is 1.22. The van der Waals surface area contributed by atoms with Crippen molar-refractivity contribution >= 4 is 6.29 Å². The lowest BCUT2D eigenvalue weighted by molar-refractivity contribution is -0.141. The van der Waals surface area contributed by atoms with Crippen LogP contribution in [0.2, 0.25) is 0 Å². The van der Waals surface area contributed by atoms with Gasteiger partial charge in [-0.3, -0.25) is 4.79 Å². The summed E-state index contributed by atoms with van der Waals surface area (Å²) in [7, 11) is 0. The van der Waals surface area contributed by atoms with Gasteiger partial charge in [0.15, 0.2) is 23.6 Å². The molecule has 0 amide bonds. The van der Waals surface area contributed by atoms with Gasteiger partial charge in [0, 0.05) is 0 Å². The van der Waals surface area contributed by atoms with Crippen molar-refractivity contribution in [3.05, 3.63) is 29.8 Å². The van der Waals surface area contributed by atoms with E-state index in [4.69, 9.17) is 4.42 Å². The van der Waals surface area contributed by atoms with E-state index in [2.05, 4.69) is 4.98 Å². The van der Waals surface area contributed by atoms with Crippen molar-refractivity contribution in [3.63, 3.8) is 0 Å². The number of nitrogens with one attached hydrogen (secondary N) is 1. The predicted molar refractivity (Wildman–Crippen MR) is 46.7 cm³/mol. The molecule has 0 aromatic carbocycles. The highest BCUT2D eigenvalue weighted by Gasteiger charge is 2.37. The molecule has 1 N–H and O–H groups in total. The van der Waals surface area contributed by atoms with Crippen LogP contribution in [0.5, 0.6) is 0 Å². The first kappa shape index (κ1) is 10.5. The minimum absolute atomic E-state index is 0.0474. The standard InChI is InChI=1S/C9H5F3N2O2/c10-9(11,12)7-5(4-15)13-8(14-7)6-2-1-3-16-6/h1-4H,(H,13,14). The van der Waals surface area contributed by atoms with E-state index in [9.17, 15) is 18.0 Å². The second kappa shape index (κ2) is 3.51. The fraction of sp³-hybridized carbons (Fsp3) is 0.111. The first-order valence-corrected chi connectivity index (χ1v) is 4.18. The maximum atomic E-state index is 12.4. The summed E-state index contributed by atoms with van der Waals surface area (Å²) in [5, 5.41) is 0. The summed E-state index contributed by atoms with van der Waals surface area (Å²) in [6.07, 6.45) is -3.30. The monoisotopic (exact) mass is 230 g/mol. The average molecular weight is 230 g/mol. The van der Waals surface area contributed by atoms with Crippen molar-refractivity contribution in [2.45, 2.75) is 6.18 Å². The number of furan rings is 1. The Bertz CT molecular complexity index is 499. The Morgan fingerprint density at radius 1 is 1.44 bits per heavy atom. The van der Waals surface area contributed by atoms with Crippen molar-refractivity contribution in [2.24, 2.45) is 0 Å². The maximum absolute atomic E-state index is 12.4. The van der Waals surface area contributed by atoms with Gasteiger partial charge in [0.25, 0.3) is 0 Å². The Labute approximate surface area is 87.1 Å². The van der Waals surface area contributed by atoms with Crippen LogP contribution in [0.3, 0.4) is 0 Å². The molecular weight excluding hydrogens is 225 g/mol. The molecule has 0 aliphatic heterocycles. The highest BCUT2D eigenvalue weighted by atomic mass is 19.4. The SMILES string of the molecule is O=Cc1nc(-c2ccco2)[nH]c1C(F)(F)F. The molecule has 0 radical (unpaired) electrons. The Hall–Kier alpha value is -2.05. The van der Waals surface area contributed by atoms with Crippen molar-refractivity contribution in [1.29, 1.82) is 0 Å². The lowest BCUT2D eigenvalue weighted by atomic mass is 10.3. The fourth-order valence-electron chi connectivity index (χ4n) is 1.22. The van der Waals surface area contributed by atoms with Crippen molar-refractivity contribution < 1.29 is 22.4 Å². The highest BCUT2D eigenvalue weighted by molar-refractivity contribution is 5.75. The molecule has 0 bridgehead atoms. The number of rotatable bonds is 2. The van der Waals surface area contributed by atoms with Crippen LogP contribution in [0, 0.1) is 0 Å². The van der Waals surface area contributed by atoms with E-state index in [1.807, 2.05) is 4.98 Å². The summed E-state index contributed by atoms with van der Waals surface area (Å²) < 4.78 is 42.2. The second-order valence-electron chi connectivity index (χ2n) is 2.94. The lowest BCUT2D eigenvalue weighted by Gasteiger charge is -2.02. The number of carbonyl (C=O) groups is 1. The quantitative estimate of drug-likeness (QED) is 0.806. The van der Waals surface area contributed by atoms with Crippen LogP contribution in [0.4, 0.5) is 13.2 Å². The zero-order valence-corrected chi connectivity index (χ0v) is 7.71. The number of H-pyrrole nitrogens is 1. The summed E-state index contributed by atoms with van der Waals surface area (Å²) in [6, 6.07) is 2.94. The average Bonchev–Trinajstić information content (AvgIpc) is 2.85. The topological polar surface area (TPSA) is 58.9 Å². The van der Waals surface area contributed by atoms with Crippen molar-refractivity contribution in [2.75, 3.05) is 0 Å². The van der Waals surface area contributed by atoms with Crippen LogP contribution in [-0.4, -0.2) is 16.3 Å². The van der Waals surface area contributed by atoms with Crippen molar-refractivity contribution in [3.8, 4) is 11.6 Å². The van der Waals surface area contributed by atoms with Crippen LogP contribution in [0.25, 0.3) is 11.6 Å². The largest absolute Gasteiger partial charge is 0.461 e. The summed E-state index contributed by atoms with van der Waals surface area (Å²) in [6.45, 7) is 0. The molecule has 0 aliphatic rings. The van der Waals surface area contributed by atoms with Gasteiger partial charge in [-0.15, -0.1) is 0 Å². The van der Waals surface area contributed by atoms with E-state index in [-0.39, 0.29) is 17.9 Å². The number of alkyl halides is 3. The molecule has 0 spiro atoms. The van der Waals surface area contributed by atoms with Crippen molar-refractivity contribution in [1.82, 2.24) is 9.97 Å². The van der Waals surface area contributed by atoms with Gasteiger partial charge in [-0.25, -0.2) is 4.98 Å². The third-order valence-electron chi connectivity index (χ3n) is 1.88. The molecule has 0 saturated heterocycles. The Morgan fingerprint density at radius 2 is 2.19 bits per heavy atom. The van der Waals surface area contributed by atoms with Gasteiger partial charge in [-0.05, 0) is 12.1 Å². The molecule has 2 rings (SSSR count). The highest BCUT2D eigenvalue weighted by Crippen LogP contribution is 2.31. The molecule has 0 fully saturated rings. The molecular formula is C9H5F3N2O2. The number of imidazole rings is 1. The molecule has 0 unspecified atom stereocenters. The Kier molecular flexibility index (Phi) is 2.30. The molecule has 16 heavy (non-hydrogen) atoms. The minimum Gasteiger partial charge on any atom is -0.461 e. The molecule has 2 aromatic heterocycles. The van der Waals surface area contributed by atoms with Gasteiger partial charge >= 0.3 is 6.18 Å². The van der Waals surface area contributed by atoms with Gasteiger partial charge in [-0.2, -0.15) is 13.2 Å². The third-order valence-corrected chi connectivity index (χ3v) is 1.88. The number of hydrogen-bond donors (Lipinski definition) is 1. The van der Waals surface area contributed by atoms with Crippen LogP contribution in [0.1, 0.15) is 16.2 Å². The summed E-state index contributed by atoms with van der Waals surface area (Å²) in [5.41, 5.74) is -1.85. The maximum Gasteiger partial charge on any atom is 0.433 e. The predicted octanol–water partition coefficient (Wildman–Crippen LogP) is 2.50. The molecule has 4 nitrogen and oxygen atoms in total. The third kappa shape index (κ3) is 1.71. The summed E-state index contributed by atoms with van der Waals surface area (Å²) in [4.78, 5) is 16.0. The van der Waals surface area contributed by atoms with E-state index in [0.717, 1.165) is 0 Å². The summed E-state index contributed by atoms with van der Waals surface area (Å²) >= 11 is 0. The van der Waals surface area contributed by atoms with Gasteiger partial charge in [0.2, 0.25) is 0 Å². The molecule has 2 aromatic rings. The van der Waals surface area contributed by atoms with E-state index in [0.29, 0.717) is 0 Å². The molecule has 0 saturated carbocycles. The van der Waals surface area contributed by atoms with E-state index in [1.54, 1.807) is 0 Å². The molecule has 2 heterocycles. The molecule has 7 heteroatoms. The Balaban J connectivity index is 2.52. The van der Waals surface area contributed by atoms with Crippen LogP contribution >= 0.6 is 0 Å². The zero-order valence-electron chi connectivity index (χ0n) is 7.71. The normalized spacial score (nSPS) is 11.7. The smallest absolute Gasteiger partial charge is 0.433 e. The number of nitrogens with zero attached hydrogens (tertiary/aromatic N) is 1. The number of aromatic nitrogens is 2. The van der Waals surface area contributed by atoms with E-state index in [1.165, 1.54) is 18.4 Å². The van der Waals surface area contributed by atoms with E-state index >= 15 is 0 Å². The van der Waals surface area contributed by atoms with Crippen LogP contribution < -0.4 is 0 Å². The Morgan fingerprint density at radius 3 is 2.62 bits per heavy atom. The summed E-state index contributed by atoms with van der Waals surface area (Å²) in [5.74, 6) is 0.0121. The number of carbonyl (C=O) groups excluding carboxylic acids is 1. The van der Waals surface area contributed by atoms with E-state index < -0.39 is 17.6 Å². The van der Waals surface area contributed by atoms with Crippen LogP contribution in [-0.2, 0) is 6.18 Å². The van der Waals surface area contributed by atoms with Crippen LogP contribution in [0.15, 0.2) is 22.8 Å². The first-order chi connectivity index (χ1) is 7.52. The number of aromatic amines is 1. The first-order valence-electron chi connectivity index (χ1n) is 4.18. The number of hydrogen-bond acceptors (Lipinski definition) is 3. The van der Waals surface area contributed by atoms with Gasteiger partial charge in [0.05, 0.1) is 6.26 Å². The van der Waals surface area contributed by atoms with Gasteiger partial charge in [-0.1, -0.05) is 0 Å². The molecule has 0 atom stereocenters. The molecule has 0 aliphatic carbocycles. The van der Waals surface area contributed by atoms with Gasteiger partial charge < -0.3 is 9.40 Å². The number of aldehydes is 1.